The highest BCUT2D eigenvalue weighted by Gasteiger charge is 2.48. The maximum atomic E-state index is 13.0. The zero-order valence-electron chi connectivity index (χ0n) is 14.5. The number of hydrogen-bond donors (Lipinski definition) is 2. The molecule has 2 rings (SSSR count). The molecule has 1 unspecified atom stereocenters. The van der Waals surface area contributed by atoms with E-state index in [1.54, 1.807) is 0 Å². The Bertz CT molecular complexity index is 833. The number of carboxylic acids is 1. The molecule has 10 heteroatoms. The van der Waals surface area contributed by atoms with Crippen molar-refractivity contribution >= 4 is 22.1 Å². The third-order valence-electron chi connectivity index (χ3n) is 4.00. The molecule has 0 radical (unpaired) electrons. The summed E-state index contributed by atoms with van der Waals surface area (Å²) in [5.74, 6) is -2.02. The SMILES string of the molecule is CCCCCCNS(=O)(=O)c1ccc2c(c1)C=C(C(=O)O)C(C(F)(F)F)O2. The van der Waals surface area contributed by atoms with Crippen molar-refractivity contribution in [2.45, 2.75) is 49.8 Å². The number of alkyl halides is 3. The second-order valence-electron chi connectivity index (χ2n) is 6.10. The van der Waals surface area contributed by atoms with Gasteiger partial charge in [-0.3, -0.25) is 0 Å². The normalized spacial score (nSPS) is 17.0. The van der Waals surface area contributed by atoms with E-state index in [1.807, 2.05) is 6.92 Å². The Morgan fingerprint density at radius 1 is 1.26 bits per heavy atom. The zero-order chi connectivity index (χ0) is 20.2. The van der Waals surface area contributed by atoms with E-state index in [0.717, 1.165) is 43.5 Å². The second kappa shape index (κ2) is 8.30. The van der Waals surface area contributed by atoms with Gasteiger partial charge in [0.15, 0.2) is 0 Å². The second-order valence-corrected chi connectivity index (χ2v) is 7.87. The molecule has 0 aromatic heterocycles. The maximum Gasteiger partial charge on any atom is 0.430 e. The van der Waals surface area contributed by atoms with Crippen molar-refractivity contribution < 1.29 is 36.2 Å². The van der Waals surface area contributed by atoms with E-state index in [1.165, 1.54) is 0 Å². The van der Waals surface area contributed by atoms with Gasteiger partial charge in [0, 0.05) is 12.1 Å². The number of rotatable bonds is 8. The minimum Gasteiger partial charge on any atom is -0.478 e. The predicted octanol–water partition coefficient (Wildman–Crippen LogP) is 3.34. The molecule has 0 saturated carbocycles. The zero-order valence-corrected chi connectivity index (χ0v) is 15.4. The summed E-state index contributed by atoms with van der Waals surface area (Å²) < 4.78 is 70.9. The van der Waals surface area contributed by atoms with Crippen molar-refractivity contribution in [3.8, 4) is 5.75 Å². The Balaban J connectivity index is 2.26. The van der Waals surface area contributed by atoms with E-state index in [4.69, 9.17) is 9.84 Å². The summed E-state index contributed by atoms with van der Waals surface area (Å²) in [4.78, 5) is 11.0. The highest BCUT2D eigenvalue weighted by atomic mass is 32.2. The number of fused-ring (bicyclic) bond motifs is 1. The lowest BCUT2D eigenvalue weighted by Crippen LogP contribution is -2.40. The predicted molar refractivity (Wildman–Crippen MR) is 91.9 cm³/mol. The average Bonchev–Trinajstić information content (AvgIpc) is 2.59. The average molecular weight is 407 g/mol. The maximum absolute atomic E-state index is 13.0. The molecule has 27 heavy (non-hydrogen) atoms. The van der Waals surface area contributed by atoms with Crippen LogP contribution in [0.3, 0.4) is 0 Å². The van der Waals surface area contributed by atoms with Gasteiger partial charge in [-0.2, -0.15) is 13.2 Å². The van der Waals surface area contributed by atoms with Crippen LogP contribution in [0.1, 0.15) is 38.2 Å². The fourth-order valence-corrected chi connectivity index (χ4v) is 3.72. The van der Waals surface area contributed by atoms with E-state index < -0.39 is 33.8 Å². The Labute approximate surface area is 155 Å². The number of aliphatic carboxylic acids is 1. The fraction of sp³-hybridized carbons (Fsp3) is 0.471. The van der Waals surface area contributed by atoms with Crippen molar-refractivity contribution in [2.75, 3.05) is 6.54 Å². The molecule has 2 N–H and O–H groups in total. The van der Waals surface area contributed by atoms with Gasteiger partial charge in [0.05, 0.1) is 10.5 Å². The summed E-state index contributed by atoms with van der Waals surface area (Å²) in [5, 5.41) is 9.03. The molecule has 0 fully saturated rings. The first-order chi connectivity index (χ1) is 12.6. The van der Waals surface area contributed by atoms with E-state index in [2.05, 4.69) is 4.72 Å². The van der Waals surface area contributed by atoms with Crippen molar-refractivity contribution in [3.63, 3.8) is 0 Å². The number of unbranched alkanes of at least 4 members (excludes halogenated alkanes) is 3. The van der Waals surface area contributed by atoms with Gasteiger partial charge in [-0.25, -0.2) is 17.9 Å². The monoisotopic (exact) mass is 407 g/mol. The van der Waals surface area contributed by atoms with Crippen LogP contribution in [0, 0.1) is 0 Å². The van der Waals surface area contributed by atoms with Crippen LogP contribution in [-0.2, 0) is 14.8 Å². The quantitative estimate of drug-likeness (QED) is 0.645. The third kappa shape index (κ3) is 5.23. The van der Waals surface area contributed by atoms with Gasteiger partial charge in [-0.1, -0.05) is 26.2 Å². The van der Waals surface area contributed by atoms with Crippen LogP contribution in [0.5, 0.6) is 5.75 Å². The lowest BCUT2D eigenvalue weighted by Gasteiger charge is -2.27. The highest BCUT2D eigenvalue weighted by molar-refractivity contribution is 7.89. The number of benzene rings is 1. The summed E-state index contributed by atoms with van der Waals surface area (Å²) >= 11 is 0. The van der Waals surface area contributed by atoms with Gasteiger partial charge in [0.25, 0.3) is 0 Å². The summed E-state index contributed by atoms with van der Waals surface area (Å²) in [5.41, 5.74) is -1.04. The van der Waals surface area contributed by atoms with E-state index in [9.17, 15) is 26.4 Å². The molecule has 0 bridgehead atoms. The number of ether oxygens (including phenoxy) is 1. The third-order valence-corrected chi connectivity index (χ3v) is 5.46. The van der Waals surface area contributed by atoms with Crippen molar-refractivity contribution in [1.82, 2.24) is 4.72 Å². The van der Waals surface area contributed by atoms with Crippen LogP contribution in [0.25, 0.3) is 6.08 Å². The van der Waals surface area contributed by atoms with Gasteiger partial charge >= 0.3 is 12.1 Å². The molecule has 0 amide bonds. The number of halogens is 3. The van der Waals surface area contributed by atoms with Crippen molar-refractivity contribution in [3.05, 3.63) is 29.3 Å². The van der Waals surface area contributed by atoms with Gasteiger partial charge in [0.1, 0.15) is 5.75 Å². The Morgan fingerprint density at radius 2 is 1.96 bits per heavy atom. The fourth-order valence-electron chi connectivity index (χ4n) is 2.61. The molecule has 1 aromatic carbocycles. The Morgan fingerprint density at radius 3 is 2.56 bits per heavy atom. The minimum atomic E-state index is -4.91. The van der Waals surface area contributed by atoms with Crippen molar-refractivity contribution in [2.24, 2.45) is 0 Å². The van der Waals surface area contributed by atoms with Crippen LogP contribution >= 0.6 is 0 Å². The van der Waals surface area contributed by atoms with E-state index in [0.29, 0.717) is 6.42 Å². The number of carbonyl (C=O) groups is 1. The first-order valence-corrected chi connectivity index (χ1v) is 9.86. The first kappa shape index (κ1) is 21.2. The molecule has 0 saturated heterocycles. The Hall–Kier alpha value is -2.07. The van der Waals surface area contributed by atoms with E-state index in [-0.39, 0.29) is 22.8 Å². The standard InChI is InChI=1S/C17H20F3NO5S/c1-2-3-4-5-8-21-27(24,25)12-6-7-14-11(9-12)10-13(16(22)23)15(26-14)17(18,19)20/h6-7,9-10,15,21H,2-5,8H2,1H3,(H,22,23). The molecule has 1 aliphatic rings. The van der Waals surface area contributed by atoms with Crippen LogP contribution < -0.4 is 9.46 Å². The molecular weight excluding hydrogens is 387 g/mol. The summed E-state index contributed by atoms with van der Waals surface area (Å²) in [7, 11) is -3.87. The van der Waals surface area contributed by atoms with Crippen LogP contribution in [-0.4, -0.2) is 38.3 Å². The highest BCUT2D eigenvalue weighted by Crippen LogP contribution is 2.38. The van der Waals surface area contributed by atoms with Gasteiger partial charge in [-0.05, 0) is 30.7 Å². The van der Waals surface area contributed by atoms with E-state index >= 15 is 0 Å². The Kier molecular flexibility index (Phi) is 6.53. The summed E-state index contributed by atoms with van der Waals surface area (Å²) in [6.45, 7) is 2.27. The molecule has 1 aromatic rings. The molecular formula is C17H20F3NO5S. The molecule has 6 nitrogen and oxygen atoms in total. The molecule has 150 valence electrons. The minimum absolute atomic E-state index is 0.0400. The number of sulfonamides is 1. The number of carboxylic acid groups (broad SMARTS) is 1. The smallest absolute Gasteiger partial charge is 0.430 e. The molecule has 1 atom stereocenters. The molecule has 1 aliphatic heterocycles. The first-order valence-electron chi connectivity index (χ1n) is 8.38. The van der Waals surface area contributed by atoms with Gasteiger partial charge in [-0.15, -0.1) is 0 Å². The molecule has 0 aliphatic carbocycles. The van der Waals surface area contributed by atoms with Crippen molar-refractivity contribution in [1.29, 1.82) is 0 Å². The van der Waals surface area contributed by atoms with Gasteiger partial charge in [0.2, 0.25) is 16.1 Å². The lowest BCUT2D eigenvalue weighted by atomic mass is 10.0. The largest absolute Gasteiger partial charge is 0.478 e. The number of hydrogen-bond acceptors (Lipinski definition) is 4. The summed E-state index contributed by atoms with van der Waals surface area (Å²) in [6.07, 6.45) is -3.19. The summed E-state index contributed by atoms with van der Waals surface area (Å²) in [6, 6.07) is 3.31. The van der Waals surface area contributed by atoms with Crippen LogP contribution in [0.4, 0.5) is 13.2 Å². The van der Waals surface area contributed by atoms with Gasteiger partial charge < -0.3 is 9.84 Å². The van der Waals surface area contributed by atoms with Crippen LogP contribution in [0.2, 0.25) is 0 Å². The van der Waals surface area contributed by atoms with Crippen LogP contribution in [0.15, 0.2) is 28.7 Å². The molecule has 1 heterocycles. The number of nitrogens with one attached hydrogen (secondary N) is 1. The lowest BCUT2D eigenvalue weighted by molar-refractivity contribution is -0.187. The molecule has 0 spiro atoms. The topological polar surface area (TPSA) is 92.7 Å².